The molecule has 0 radical (unpaired) electrons. The number of benzene rings is 1. The van der Waals surface area contributed by atoms with Crippen LogP contribution in [0.2, 0.25) is 0 Å². The van der Waals surface area contributed by atoms with Crippen molar-refractivity contribution < 1.29 is 19.2 Å². The molecule has 0 saturated carbocycles. The predicted octanol–water partition coefficient (Wildman–Crippen LogP) is 3.77. The molecule has 2 aromatic rings. The average molecular weight is 392 g/mol. The van der Waals surface area contributed by atoms with Gasteiger partial charge in [-0.3, -0.25) is 15.5 Å². The van der Waals surface area contributed by atoms with Crippen molar-refractivity contribution in [3.8, 4) is 5.75 Å². The monoisotopic (exact) mass is 392 g/mol. The Morgan fingerprint density at radius 3 is 2.89 bits per heavy atom. The predicted molar refractivity (Wildman–Crippen MR) is 103 cm³/mol. The Labute approximate surface area is 160 Å². The van der Waals surface area contributed by atoms with Gasteiger partial charge in [0.1, 0.15) is 4.88 Å². The van der Waals surface area contributed by atoms with Gasteiger partial charge >= 0.3 is 11.7 Å². The molecule has 9 nitrogen and oxygen atoms in total. The highest BCUT2D eigenvalue weighted by atomic mass is 32.1. The van der Waals surface area contributed by atoms with Gasteiger partial charge in [-0.1, -0.05) is 18.3 Å². The Morgan fingerprint density at radius 1 is 1.44 bits per heavy atom. The number of hydrazone groups is 1. The second-order valence-electron chi connectivity index (χ2n) is 5.36. The van der Waals surface area contributed by atoms with Gasteiger partial charge in [-0.2, -0.15) is 5.10 Å². The lowest BCUT2D eigenvalue weighted by atomic mass is 10.2. The Kier molecular flexibility index (Phi) is 7.24. The van der Waals surface area contributed by atoms with Gasteiger partial charge in [-0.05, 0) is 32.4 Å². The van der Waals surface area contributed by atoms with E-state index in [1.807, 2.05) is 6.92 Å². The van der Waals surface area contributed by atoms with Crippen LogP contribution in [0.4, 0.5) is 10.8 Å². The zero-order valence-electron chi connectivity index (χ0n) is 15.2. The third kappa shape index (κ3) is 5.48. The first-order chi connectivity index (χ1) is 13.0. The fraction of sp³-hybridized carbons (Fsp3) is 0.353. The zero-order valence-corrected chi connectivity index (χ0v) is 16.0. The van der Waals surface area contributed by atoms with Crippen LogP contribution in [-0.4, -0.2) is 35.3 Å². The maximum absolute atomic E-state index is 11.8. The maximum atomic E-state index is 11.8. The van der Waals surface area contributed by atoms with Gasteiger partial charge < -0.3 is 9.47 Å². The number of ether oxygens (including phenoxy) is 2. The van der Waals surface area contributed by atoms with Crippen molar-refractivity contribution in [3.05, 3.63) is 44.4 Å². The summed E-state index contributed by atoms with van der Waals surface area (Å²) < 4.78 is 10.3. The second-order valence-corrected chi connectivity index (χ2v) is 6.36. The smallest absolute Gasteiger partial charge is 0.350 e. The quantitative estimate of drug-likeness (QED) is 0.299. The standard InChI is InChI=1S/C17H20N4O5S/c1-4-8-26-14-7-6-12(9-13(14)21(23)24)10-18-20-17-19-11(3)15(27-17)16(22)25-5-2/h6-7,9-10H,4-5,8H2,1-3H3,(H,19,20)/b18-10-. The molecule has 0 fully saturated rings. The largest absolute Gasteiger partial charge is 0.487 e. The minimum Gasteiger partial charge on any atom is -0.487 e. The Hall–Kier alpha value is -3.01. The van der Waals surface area contributed by atoms with Crippen LogP contribution < -0.4 is 10.2 Å². The topological polar surface area (TPSA) is 116 Å². The number of carbonyl (C=O) groups excluding carboxylic acids is 1. The molecule has 10 heteroatoms. The molecule has 0 amide bonds. The van der Waals surface area contributed by atoms with E-state index in [0.29, 0.717) is 27.9 Å². The summed E-state index contributed by atoms with van der Waals surface area (Å²) in [5.41, 5.74) is 3.66. The number of hydrogen-bond donors (Lipinski definition) is 1. The fourth-order valence-corrected chi connectivity index (χ4v) is 2.89. The number of carbonyl (C=O) groups is 1. The lowest BCUT2D eigenvalue weighted by Gasteiger charge is -2.05. The van der Waals surface area contributed by atoms with Crippen LogP contribution in [0.15, 0.2) is 23.3 Å². The van der Waals surface area contributed by atoms with E-state index in [2.05, 4.69) is 15.5 Å². The Balaban J connectivity index is 2.10. The first-order valence-corrected chi connectivity index (χ1v) is 9.12. The van der Waals surface area contributed by atoms with Crippen molar-refractivity contribution in [3.63, 3.8) is 0 Å². The van der Waals surface area contributed by atoms with Crippen molar-refractivity contribution >= 4 is 34.3 Å². The third-order valence-corrected chi connectivity index (χ3v) is 4.31. The van der Waals surface area contributed by atoms with Crippen LogP contribution in [0.5, 0.6) is 5.75 Å². The van der Waals surface area contributed by atoms with E-state index in [0.717, 1.165) is 17.8 Å². The molecule has 0 unspecified atom stereocenters. The number of nitro groups is 1. The SMILES string of the molecule is CCCOc1ccc(/C=N\Nc2nc(C)c(C(=O)OCC)s2)cc1[N+](=O)[O-]. The summed E-state index contributed by atoms with van der Waals surface area (Å²) in [6.07, 6.45) is 2.18. The van der Waals surface area contributed by atoms with Crippen LogP contribution in [0.1, 0.15) is 41.2 Å². The van der Waals surface area contributed by atoms with E-state index in [1.165, 1.54) is 12.3 Å². The summed E-state index contributed by atoms with van der Waals surface area (Å²) in [6.45, 7) is 6.05. The number of nitrogens with one attached hydrogen (secondary N) is 1. The zero-order chi connectivity index (χ0) is 19.8. The molecule has 0 aliphatic heterocycles. The summed E-state index contributed by atoms with van der Waals surface area (Å²) in [5, 5.41) is 15.6. The number of rotatable bonds is 9. The van der Waals surface area contributed by atoms with Crippen molar-refractivity contribution in [1.29, 1.82) is 0 Å². The number of aryl methyl sites for hydroxylation is 1. The minimum atomic E-state index is -0.494. The molecule has 144 valence electrons. The molecule has 0 saturated heterocycles. The van der Waals surface area contributed by atoms with E-state index in [4.69, 9.17) is 9.47 Å². The lowest BCUT2D eigenvalue weighted by Crippen LogP contribution is -2.03. The lowest BCUT2D eigenvalue weighted by molar-refractivity contribution is -0.385. The molecule has 27 heavy (non-hydrogen) atoms. The van der Waals surface area contributed by atoms with E-state index in [-0.39, 0.29) is 18.0 Å². The van der Waals surface area contributed by atoms with Crippen LogP contribution in [0.25, 0.3) is 0 Å². The molecule has 1 N–H and O–H groups in total. The highest BCUT2D eigenvalue weighted by Gasteiger charge is 2.17. The van der Waals surface area contributed by atoms with E-state index in [1.54, 1.807) is 26.0 Å². The molecule has 2 rings (SSSR count). The maximum Gasteiger partial charge on any atom is 0.350 e. The Morgan fingerprint density at radius 2 is 2.22 bits per heavy atom. The molecular formula is C17H20N4O5S. The van der Waals surface area contributed by atoms with Crippen molar-refractivity contribution in [1.82, 2.24) is 4.98 Å². The minimum absolute atomic E-state index is 0.123. The van der Waals surface area contributed by atoms with E-state index in [9.17, 15) is 14.9 Å². The number of aromatic nitrogens is 1. The van der Waals surface area contributed by atoms with Gasteiger partial charge in [0.05, 0.1) is 30.0 Å². The summed E-state index contributed by atoms with van der Waals surface area (Å²) in [7, 11) is 0. The number of esters is 1. The molecular weight excluding hydrogens is 372 g/mol. The molecule has 1 heterocycles. The number of thiazole rings is 1. The number of hydrogen-bond acceptors (Lipinski definition) is 9. The van der Waals surface area contributed by atoms with Gasteiger partial charge in [0.15, 0.2) is 5.75 Å². The first kappa shape index (κ1) is 20.3. The molecule has 0 aliphatic rings. The summed E-state index contributed by atoms with van der Waals surface area (Å²) >= 11 is 1.12. The van der Waals surface area contributed by atoms with Gasteiger partial charge in [-0.15, -0.1) is 0 Å². The highest BCUT2D eigenvalue weighted by molar-refractivity contribution is 7.17. The summed E-state index contributed by atoms with van der Waals surface area (Å²) in [4.78, 5) is 27.1. The molecule has 1 aromatic carbocycles. The van der Waals surface area contributed by atoms with Crippen LogP contribution in [0.3, 0.4) is 0 Å². The van der Waals surface area contributed by atoms with Gasteiger partial charge in [0.2, 0.25) is 5.13 Å². The van der Waals surface area contributed by atoms with Crippen molar-refractivity contribution in [2.45, 2.75) is 27.2 Å². The van der Waals surface area contributed by atoms with Crippen LogP contribution >= 0.6 is 11.3 Å². The van der Waals surface area contributed by atoms with Gasteiger partial charge in [0.25, 0.3) is 0 Å². The highest BCUT2D eigenvalue weighted by Crippen LogP contribution is 2.28. The second kappa shape index (κ2) is 9.62. The third-order valence-electron chi connectivity index (χ3n) is 3.27. The average Bonchev–Trinajstić information content (AvgIpc) is 3.01. The Bertz CT molecular complexity index is 850. The van der Waals surface area contributed by atoms with Gasteiger partial charge in [0, 0.05) is 11.6 Å². The van der Waals surface area contributed by atoms with Crippen molar-refractivity contribution in [2.75, 3.05) is 18.6 Å². The molecule has 0 aliphatic carbocycles. The van der Waals surface area contributed by atoms with E-state index < -0.39 is 10.9 Å². The van der Waals surface area contributed by atoms with Crippen LogP contribution in [-0.2, 0) is 4.74 Å². The number of nitrogens with zero attached hydrogens (tertiary/aromatic N) is 3. The normalized spacial score (nSPS) is 10.8. The fourth-order valence-electron chi connectivity index (χ4n) is 2.08. The molecule has 1 aromatic heterocycles. The van der Waals surface area contributed by atoms with Crippen molar-refractivity contribution in [2.24, 2.45) is 5.10 Å². The molecule has 0 atom stereocenters. The summed E-state index contributed by atoms with van der Waals surface area (Å²) in [5.74, 6) is -0.204. The van der Waals surface area contributed by atoms with Gasteiger partial charge in [-0.25, -0.2) is 9.78 Å². The van der Waals surface area contributed by atoms with E-state index >= 15 is 0 Å². The first-order valence-electron chi connectivity index (χ1n) is 8.31. The van der Waals surface area contributed by atoms with Crippen LogP contribution in [0, 0.1) is 17.0 Å². The number of anilines is 1. The summed E-state index contributed by atoms with van der Waals surface area (Å²) in [6, 6.07) is 4.59. The molecule has 0 bridgehead atoms. The molecule has 0 spiro atoms. The number of nitro benzene ring substituents is 1.